The van der Waals surface area contributed by atoms with Crippen LogP contribution in [0.4, 0.5) is 0 Å². The number of hydrogen-bond acceptors (Lipinski definition) is 3. The van der Waals surface area contributed by atoms with Crippen LogP contribution in [0.2, 0.25) is 0 Å². The fourth-order valence-electron chi connectivity index (χ4n) is 1.73. The minimum atomic E-state index is 0.0345. The number of hydrogen-bond donors (Lipinski definition) is 1. The lowest BCUT2D eigenvalue weighted by atomic mass is 10.3. The smallest absolute Gasteiger partial charge is 0.221 e. The molecule has 0 aliphatic rings. The van der Waals surface area contributed by atoms with E-state index >= 15 is 0 Å². The standard InChI is InChI=1S/C14H29N3O2/c1-5-6-9-15-14(19)8-12-17(13(2)18)11-7-10-16(3)4/h5-12H2,1-4H3,(H,15,19). The van der Waals surface area contributed by atoms with Gasteiger partial charge in [0.05, 0.1) is 0 Å². The quantitative estimate of drug-likeness (QED) is 0.605. The predicted octanol–water partition coefficient (Wildman–Crippen LogP) is 1.09. The zero-order valence-electron chi connectivity index (χ0n) is 12.9. The van der Waals surface area contributed by atoms with E-state index in [4.69, 9.17) is 0 Å². The van der Waals surface area contributed by atoms with Crippen LogP contribution in [0.1, 0.15) is 39.5 Å². The molecule has 0 bridgehead atoms. The molecule has 0 saturated heterocycles. The van der Waals surface area contributed by atoms with E-state index in [9.17, 15) is 9.59 Å². The van der Waals surface area contributed by atoms with Gasteiger partial charge in [0.1, 0.15) is 0 Å². The molecule has 0 heterocycles. The molecule has 19 heavy (non-hydrogen) atoms. The van der Waals surface area contributed by atoms with Crippen molar-refractivity contribution in [3.63, 3.8) is 0 Å². The molecule has 0 saturated carbocycles. The summed E-state index contributed by atoms with van der Waals surface area (Å²) in [6.07, 6.45) is 3.41. The monoisotopic (exact) mass is 271 g/mol. The van der Waals surface area contributed by atoms with Crippen LogP contribution >= 0.6 is 0 Å². The molecule has 112 valence electrons. The van der Waals surface area contributed by atoms with Gasteiger partial charge in [-0.2, -0.15) is 0 Å². The lowest BCUT2D eigenvalue weighted by Gasteiger charge is -2.21. The third kappa shape index (κ3) is 10.5. The van der Waals surface area contributed by atoms with Crippen LogP contribution in [0.15, 0.2) is 0 Å². The van der Waals surface area contributed by atoms with Crippen LogP contribution in [0.5, 0.6) is 0 Å². The predicted molar refractivity (Wildman–Crippen MR) is 78.0 cm³/mol. The zero-order chi connectivity index (χ0) is 14.7. The van der Waals surface area contributed by atoms with Gasteiger partial charge in [0.15, 0.2) is 0 Å². The maximum atomic E-state index is 11.6. The lowest BCUT2D eigenvalue weighted by molar-refractivity contribution is -0.129. The van der Waals surface area contributed by atoms with Crippen molar-refractivity contribution in [2.24, 2.45) is 0 Å². The molecule has 0 aromatic heterocycles. The average Bonchev–Trinajstić information content (AvgIpc) is 2.33. The first-order chi connectivity index (χ1) is 8.97. The number of carbonyl (C=O) groups is 2. The highest BCUT2D eigenvalue weighted by atomic mass is 16.2. The summed E-state index contributed by atoms with van der Waals surface area (Å²) in [6.45, 7) is 6.57. The van der Waals surface area contributed by atoms with Gasteiger partial charge in [0, 0.05) is 33.0 Å². The minimum absolute atomic E-state index is 0.0345. The molecule has 0 fully saturated rings. The highest BCUT2D eigenvalue weighted by molar-refractivity contribution is 5.77. The fourth-order valence-corrected chi connectivity index (χ4v) is 1.73. The average molecular weight is 271 g/mol. The molecule has 0 atom stereocenters. The number of nitrogens with zero attached hydrogens (tertiary/aromatic N) is 2. The van der Waals surface area contributed by atoms with Crippen molar-refractivity contribution in [1.82, 2.24) is 15.1 Å². The maximum Gasteiger partial charge on any atom is 0.221 e. The van der Waals surface area contributed by atoms with Gasteiger partial charge >= 0.3 is 0 Å². The van der Waals surface area contributed by atoms with Crippen LogP contribution in [-0.2, 0) is 9.59 Å². The van der Waals surface area contributed by atoms with Crippen molar-refractivity contribution in [3.8, 4) is 0 Å². The van der Waals surface area contributed by atoms with Crippen molar-refractivity contribution >= 4 is 11.8 Å². The summed E-state index contributed by atoms with van der Waals surface area (Å²) >= 11 is 0. The van der Waals surface area contributed by atoms with E-state index < -0.39 is 0 Å². The van der Waals surface area contributed by atoms with Gasteiger partial charge in [-0.05, 0) is 33.5 Å². The van der Waals surface area contributed by atoms with E-state index in [1.165, 1.54) is 0 Å². The molecule has 0 aliphatic heterocycles. The Morgan fingerprint density at radius 2 is 1.74 bits per heavy atom. The van der Waals surface area contributed by atoms with Gasteiger partial charge in [0.2, 0.25) is 11.8 Å². The molecule has 0 aromatic rings. The maximum absolute atomic E-state index is 11.6. The van der Waals surface area contributed by atoms with Crippen LogP contribution in [0.25, 0.3) is 0 Å². The molecular weight excluding hydrogens is 242 g/mol. The highest BCUT2D eigenvalue weighted by Crippen LogP contribution is 1.97. The van der Waals surface area contributed by atoms with E-state index in [0.717, 1.165) is 38.9 Å². The van der Waals surface area contributed by atoms with Gasteiger partial charge < -0.3 is 15.1 Å². The molecule has 0 radical (unpaired) electrons. The molecule has 5 nitrogen and oxygen atoms in total. The Morgan fingerprint density at radius 3 is 2.26 bits per heavy atom. The Morgan fingerprint density at radius 1 is 1.05 bits per heavy atom. The second-order valence-electron chi connectivity index (χ2n) is 5.12. The molecule has 5 heteroatoms. The Balaban J connectivity index is 3.87. The third-order valence-electron chi connectivity index (χ3n) is 2.94. The molecule has 0 spiro atoms. The summed E-state index contributed by atoms with van der Waals surface area (Å²) in [5, 5.41) is 2.87. The van der Waals surface area contributed by atoms with E-state index in [-0.39, 0.29) is 11.8 Å². The number of carbonyl (C=O) groups excluding carboxylic acids is 2. The van der Waals surface area contributed by atoms with E-state index in [0.29, 0.717) is 13.0 Å². The summed E-state index contributed by atoms with van der Waals surface area (Å²) < 4.78 is 0. The first-order valence-electron chi connectivity index (χ1n) is 7.14. The number of unbranched alkanes of at least 4 members (excludes halogenated alkanes) is 1. The lowest BCUT2D eigenvalue weighted by Crippen LogP contribution is -2.35. The van der Waals surface area contributed by atoms with E-state index in [1.54, 1.807) is 11.8 Å². The molecular formula is C14H29N3O2. The van der Waals surface area contributed by atoms with Gasteiger partial charge in [-0.15, -0.1) is 0 Å². The van der Waals surface area contributed by atoms with E-state index in [2.05, 4.69) is 17.1 Å². The third-order valence-corrected chi connectivity index (χ3v) is 2.94. The Bertz CT molecular complexity index is 267. The Labute approximate surface area is 117 Å². The topological polar surface area (TPSA) is 52.7 Å². The second-order valence-corrected chi connectivity index (χ2v) is 5.12. The van der Waals surface area contributed by atoms with Crippen molar-refractivity contribution in [2.45, 2.75) is 39.5 Å². The highest BCUT2D eigenvalue weighted by Gasteiger charge is 2.10. The summed E-state index contributed by atoms with van der Waals surface area (Å²) in [5.41, 5.74) is 0. The van der Waals surface area contributed by atoms with Crippen molar-refractivity contribution < 1.29 is 9.59 Å². The molecule has 0 unspecified atom stereocenters. The molecule has 0 aliphatic carbocycles. The molecule has 2 amide bonds. The van der Waals surface area contributed by atoms with Gasteiger partial charge in [0.25, 0.3) is 0 Å². The summed E-state index contributed by atoms with van der Waals surface area (Å²) in [5.74, 6) is 0.0763. The fraction of sp³-hybridized carbons (Fsp3) is 0.857. The SMILES string of the molecule is CCCCNC(=O)CCN(CCCN(C)C)C(C)=O. The van der Waals surface area contributed by atoms with Crippen molar-refractivity contribution in [1.29, 1.82) is 0 Å². The number of nitrogens with one attached hydrogen (secondary N) is 1. The number of rotatable bonds is 10. The summed E-state index contributed by atoms with van der Waals surface area (Å²) in [7, 11) is 4.03. The van der Waals surface area contributed by atoms with E-state index in [1.807, 2.05) is 14.1 Å². The summed E-state index contributed by atoms with van der Waals surface area (Å²) in [4.78, 5) is 26.9. The van der Waals surface area contributed by atoms with Gasteiger partial charge in [-0.1, -0.05) is 13.3 Å². The Hall–Kier alpha value is -1.10. The Kier molecular flexibility index (Phi) is 10.2. The van der Waals surface area contributed by atoms with Crippen molar-refractivity contribution in [2.75, 3.05) is 40.3 Å². The van der Waals surface area contributed by atoms with Crippen LogP contribution in [0.3, 0.4) is 0 Å². The van der Waals surface area contributed by atoms with Gasteiger partial charge in [-0.25, -0.2) is 0 Å². The number of amides is 2. The van der Waals surface area contributed by atoms with Crippen LogP contribution in [0, 0.1) is 0 Å². The molecule has 0 rings (SSSR count). The minimum Gasteiger partial charge on any atom is -0.356 e. The van der Waals surface area contributed by atoms with Crippen LogP contribution < -0.4 is 5.32 Å². The summed E-state index contributed by atoms with van der Waals surface area (Å²) in [6, 6.07) is 0. The van der Waals surface area contributed by atoms with Crippen LogP contribution in [-0.4, -0.2) is 61.9 Å². The van der Waals surface area contributed by atoms with Gasteiger partial charge in [-0.3, -0.25) is 9.59 Å². The second kappa shape index (κ2) is 10.8. The van der Waals surface area contributed by atoms with Crippen molar-refractivity contribution in [3.05, 3.63) is 0 Å². The normalized spacial score (nSPS) is 10.6. The first-order valence-corrected chi connectivity index (χ1v) is 7.14. The largest absolute Gasteiger partial charge is 0.356 e. The molecule has 0 aromatic carbocycles. The first kappa shape index (κ1) is 17.9. The molecule has 1 N–H and O–H groups in total. The zero-order valence-corrected chi connectivity index (χ0v) is 12.9.